The van der Waals surface area contributed by atoms with Gasteiger partial charge in [0.05, 0.1) is 0 Å². The second-order valence-electron chi connectivity index (χ2n) is 5.33. The summed E-state index contributed by atoms with van der Waals surface area (Å²) < 4.78 is 5.55. The molecule has 0 aromatic heterocycles. The van der Waals surface area contributed by atoms with Crippen LogP contribution in [-0.2, 0) is 4.74 Å². The molecule has 0 aromatic rings. The molecule has 2 heteroatoms. The van der Waals surface area contributed by atoms with Gasteiger partial charge in [-0.1, -0.05) is 0 Å². The van der Waals surface area contributed by atoms with Crippen LogP contribution < -0.4 is 5.32 Å². The van der Waals surface area contributed by atoms with Gasteiger partial charge in [-0.15, -0.1) is 0 Å². The minimum Gasteiger partial charge on any atom is -0.381 e. The smallest absolute Gasteiger partial charge is 0.0496 e. The van der Waals surface area contributed by atoms with E-state index in [0.717, 1.165) is 37.1 Å². The Morgan fingerprint density at radius 2 is 1.71 bits per heavy atom. The number of rotatable bonds is 2. The Hall–Kier alpha value is -0.0800. The quantitative estimate of drug-likeness (QED) is 0.727. The Kier molecular flexibility index (Phi) is 2.50. The fraction of sp³-hybridized carbons (Fsp3) is 1.00. The van der Waals surface area contributed by atoms with Gasteiger partial charge in [-0.25, -0.2) is 0 Å². The van der Waals surface area contributed by atoms with Gasteiger partial charge in [-0.05, 0) is 50.4 Å². The fourth-order valence-electron chi connectivity index (χ4n) is 3.10. The highest BCUT2D eigenvalue weighted by molar-refractivity contribution is 4.90. The van der Waals surface area contributed by atoms with E-state index in [1.165, 1.54) is 38.5 Å². The Morgan fingerprint density at radius 1 is 0.857 bits per heavy atom. The molecule has 3 unspecified atom stereocenters. The van der Waals surface area contributed by atoms with E-state index in [1.807, 2.05) is 0 Å². The molecule has 1 aliphatic heterocycles. The van der Waals surface area contributed by atoms with Gasteiger partial charge in [0, 0.05) is 25.3 Å². The fourth-order valence-corrected chi connectivity index (χ4v) is 3.10. The van der Waals surface area contributed by atoms with E-state index in [1.54, 1.807) is 0 Å². The van der Waals surface area contributed by atoms with Crippen LogP contribution in [0.3, 0.4) is 0 Å². The van der Waals surface area contributed by atoms with Gasteiger partial charge < -0.3 is 10.1 Å². The average molecular weight is 195 g/mol. The van der Waals surface area contributed by atoms with E-state index >= 15 is 0 Å². The maximum Gasteiger partial charge on any atom is 0.0496 e. The molecule has 0 aromatic carbocycles. The largest absolute Gasteiger partial charge is 0.381 e. The third-order valence-electron chi connectivity index (χ3n) is 4.15. The summed E-state index contributed by atoms with van der Waals surface area (Å²) in [6.07, 6.45) is 8.37. The predicted octanol–water partition coefficient (Wildman–Crippen LogP) is 1.94. The summed E-state index contributed by atoms with van der Waals surface area (Å²) in [7, 11) is 0. The number of nitrogens with one attached hydrogen (secondary N) is 1. The van der Waals surface area contributed by atoms with Crippen LogP contribution in [0.25, 0.3) is 0 Å². The molecule has 0 amide bonds. The van der Waals surface area contributed by atoms with Gasteiger partial charge in [0.25, 0.3) is 0 Å². The molecule has 3 aliphatic rings. The average Bonchev–Trinajstić information content (AvgIpc) is 3.02. The van der Waals surface area contributed by atoms with Gasteiger partial charge in [0.2, 0.25) is 0 Å². The normalized spacial score (nSPS) is 43.3. The van der Waals surface area contributed by atoms with Crippen LogP contribution in [0, 0.1) is 11.8 Å². The van der Waals surface area contributed by atoms with Gasteiger partial charge >= 0.3 is 0 Å². The molecule has 1 saturated heterocycles. The predicted molar refractivity (Wildman–Crippen MR) is 56.2 cm³/mol. The first kappa shape index (κ1) is 9.17. The van der Waals surface area contributed by atoms with Crippen molar-refractivity contribution in [2.45, 2.75) is 50.6 Å². The first-order valence-electron chi connectivity index (χ1n) is 6.25. The lowest BCUT2D eigenvalue weighted by atomic mass is 9.75. The summed E-state index contributed by atoms with van der Waals surface area (Å²) in [5.41, 5.74) is 0. The van der Waals surface area contributed by atoms with Crippen LogP contribution in [0.4, 0.5) is 0 Å². The lowest BCUT2D eigenvalue weighted by Gasteiger charge is -2.39. The molecule has 2 nitrogen and oxygen atoms in total. The van der Waals surface area contributed by atoms with E-state index < -0.39 is 0 Å². The Bertz CT molecular complexity index is 202. The molecule has 3 atom stereocenters. The molecule has 80 valence electrons. The van der Waals surface area contributed by atoms with Crippen LogP contribution in [0.1, 0.15) is 38.5 Å². The summed E-state index contributed by atoms with van der Waals surface area (Å²) in [4.78, 5) is 0. The van der Waals surface area contributed by atoms with Crippen LogP contribution in [0.5, 0.6) is 0 Å². The molecular weight excluding hydrogens is 174 g/mol. The maximum absolute atomic E-state index is 5.55. The zero-order valence-electron chi connectivity index (χ0n) is 8.87. The van der Waals surface area contributed by atoms with E-state index in [9.17, 15) is 0 Å². The minimum absolute atomic E-state index is 0.835. The molecule has 2 aliphatic carbocycles. The van der Waals surface area contributed by atoms with Crippen LogP contribution in [0.15, 0.2) is 0 Å². The van der Waals surface area contributed by atoms with Crippen LogP contribution >= 0.6 is 0 Å². The van der Waals surface area contributed by atoms with Crippen molar-refractivity contribution in [3.63, 3.8) is 0 Å². The summed E-state index contributed by atoms with van der Waals surface area (Å²) >= 11 is 0. The van der Waals surface area contributed by atoms with E-state index in [4.69, 9.17) is 4.74 Å². The Labute approximate surface area is 86.4 Å². The highest BCUT2D eigenvalue weighted by atomic mass is 16.5. The number of hydrogen-bond acceptors (Lipinski definition) is 2. The maximum atomic E-state index is 5.55. The first-order chi connectivity index (χ1) is 6.92. The highest BCUT2D eigenvalue weighted by Gasteiger charge is 2.34. The lowest BCUT2D eigenvalue weighted by Crippen LogP contribution is -2.41. The second kappa shape index (κ2) is 3.82. The number of hydrogen-bond donors (Lipinski definition) is 1. The SMILES string of the molecule is C1CC2CC(NC3CC3)CCC2CO1. The topological polar surface area (TPSA) is 21.3 Å². The zero-order chi connectivity index (χ0) is 9.38. The third-order valence-corrected chi connectivity index (χ3v) is 4.15. The third kappa shape index (κ3) is 1.96. The molecule has 14 heavy (non-hydrogen) atoms. The summed E-state index contributed by atoms with van der Waals surface area (Å²) in [6.45, 7) is 2.05. The molecule has 3 fully saturated rings. The van der Waals surface area contributed by atoms with Crippen LogP contribution in [0.2, 0.25) is 0 Å². The van der Waals surface area contributed by atoms with Crippen molar-refractivity contribution in [2.24, 2.45) is 11.8 Å². The first-order valence-corrected chi connectivity index (χ1v) is 6.25. The second-order valence-corrected chi connectivity index (χ2v) is 5.33. The number of fused-ring (bicyclic) bond motifs is 1. The van der Waals surface area contributed by atoms with Crippen molar-refractivity contribution >= 4 is 0 Å². The Morgan fingerprint density at radius 3 is 2.57 bits per heavy atom. The van der Waals surface area contributed by atoms with E-state index in [0.29, 0.717) is 0 Å². The van der Waals surface area contributed by atoms with Crippen molar-refractivity contribution in [2.75, 3.05) is 13.2 Å². The minimum atomic E-state index is 0.835. The summed E-state index contributed by atoms with van der Waals surface area (Å²) in [5, 5.41) is 3.79. The highest BCUT2D eigenvalue weighted by Crippen LogP contribution is 2.36. The van der Waals surface area contributed by atoms with Gasteiger partial charge in [0.1, 0.15) is 0 Å². The molecule has 1 N–H and O–H groups in total. The molecule has 0 bridgehead atoms. The van der Waals surface area contributed by atoms with Crippen LogP contribution in [-0.4, -0.2) is 25.3 Å². The summed E-state index contributed by atoms with van der Waals surface area (Å²) in [6, 6.07) is 1.72. The summed E-state index contributed by atoms with van der Waals surface area (Å²) in [5.74, 6) is 1.86. The van der Waals surface area contributed by atoms with Crippen molar-refractivity contribution in [1.29, 1.82) is 0 Å². The molecule has 2 saturated carbocycles. The zero-order valence-corrected chi connectivity index (χ0v) is 8.87. The van der Waals surface area contributed by atoms with Gasteiger partial charge in [-0.2, -0.15) is 0 Å². The van der Waals surface area contributed by atoms with Gasteiger partial charge in [0.15, 0.2) is 0 Å². The van der Waals surface area contributed by atoms with Crippen molar-refractivity contribution in [1.82, 2.24) is 5.32 Å². The van der Waals surface area contributed by atoms with Crippen molar-refractivity contribution in [3.8, 4) is 0 Å². The number of ether oxygens (including phenoxy) is 1. The molecule has 3 rings (SSSR count). The standard InChI is InChI=1S/C12H21NO/c1-2-12(13-11-3-4-11)7-9-5-6-14-8-10(1)9/h9-13H,1-8H2. The molecule has 1 heterocycles. The van der Waals surface area contributed by atoms with Crippen molar-refractivity contribution < 1.29 is 4.74 Å². The monoisotopic (exact) mass is 195 g/mol. The Balaban J connectivity index is 1.53. The van der Waals surface area contributed by atoms with E-state index in [-0.39, 0.29) is 0 Å². The lowest BCUT2D eigenvalue weighted by molar-refractivity contribution is -0.00798. The van der Waals surface area contributed by atoms with Crippen molar-refractivity contribution in [3.05, 3.63) is 0 Å². The molecule has 0 spiro atoms. The van der Waals surface area contributed by atoms with E-state index in [2.05, 4.69) is 5.32 Å². The molecular formula is C12H21NO. The van der Waals surface area contributed by atoms with Gasteiger partial charge in [-0.3, -0.25) is 0 Å². The molecule has 0 radical (unpaired) electrons.